The first-order valence-electron chi connectivity index (χ1n) is 11.5. The smallest absolute Gasteiger partial charge is 0.404 e. The van der Waals surface area contributed by atoms with Crippen LogP contribution in [0.3, 0.4) is 0 Å². The molecule has 1 aliphatic rings. The highest BCUT2D eigenvalue weighted by molar-refractivity contribution is 7.91. The quantitative estimate of drug-likeness (QED) is 0.351. The normalized spacial score (nSPS) is 14.7. The van der Waals surface area contributed by atoms with Crippen molar-refractivity contribution in [2.75, 3.05) is 52.4 Å². The van der Waals surface area contributed by atoms with Crippen molar-refractivity contribution in [1.82, 2.24) is 15.5 Å². The molecule has 0 radical (unpaired) electrons. The first-order chi connectivity index (χ1) is 16.1. The third-order valence-corrected chi connectivity index (χ3v) is 7.80. The number of aryl methyl sites for hydroxylation is 2. The van der Waals surface area contributed by atoms with Crippen molar-refractivity contribution in [2.24, 2.45) is 5.92 Å². The molecule has 1 heterocycles. The van der Waals surface area contributed by atoms with Crippen molar-refractivity contribution in [2.45, 2.75) is 44.4 Å². The summed E-state index contributed by atoms with van der Waals surface area (Å²) in [6.07, 6.45) is 2.56. The Morgan fingerprint density at radius 2 is 1.79 bits per heavy atom. The van der Waals surface area contributed by atoms with E-state index in [9.17, 15) is 18.0 Å². The van der Waals surface area contributed by atoms with E-state index in [4.69, 9.17) is 14.6 Å². The Hall–Kier alpha value is -2.37. The highest BCUT2D eigenvalue weighted by atomic mass is 32.2. The van der Waals surface area contributed by atoms with Crippen LogP contribution in [-0.4, -0.2) is 82.8 Å². The standard InChI is InChI=1S/C23H37N3O7S/c1-17-13-20(32-3)14-18(2)22(17)34(30,31)16-24-9-12-33-15-21(27)26-10-6-19(7-11-26)5-4-8-25-23(28)29/h13-14,19,24-25H,4-12,15-16H2,1-3H3,(H,28,29). The minimum atomic E-state index is -3.52. The molecule has 2 rings (SSSR count). The Balaban J connectivity index is 1.63. The van der Waals surface area contributed by atoms with Crippen LogP contribution in [0.1, 0.15) is 36.8 Å². The number of hydrogen-bond donors (Lipinski definition) is 3. The predicted molar refractivity (Wildman–Crippen MR) is 128 cm³/mol. The summed E-state index contributed by atoms with van der Waals surface area (Å²) in [7, 11) is -1.97. The van der Waals surface area contributed by atoms with Gasteiger partial charge in [-0.25, -0.2) is 13.2 Å². The van der Waals surface area contributed by atoms with Gasteiger partial charge in [-0.3, -0.25) is 4.79 Å². The molecular weight excluding hydrogens is 462 g/mol. The summed E-state index contributed by atoms with van der Waals surface area (Å²) < 4.78 is 36.1. The van der Waals surface area contributed by atoms with E-state index in [1.54, 1.807) is 38.0 Å². The Morgan fingerprint density at radius 3 is 2.38 bits per heavy atom. The Labute approximate surface area is 201 Å². The summed E-state index contributed by atoms with van der Waals surface area (Å²) in [6, 6.07) is 3.40. The van der Waals surface area contributed by atoms with E-state index in [0.717, 1.165) is 25.7 Å². The SMILES string of the molecule is COc1cc(C)c(S(=O)(=O)CNCCOCC(=O)N2CCC(CCCNC(=O)O)CC2)c(C)c1. The summed E-state index contributed by atoms with van der Waals surface area (Å²) in [5.74, 6) is 0.846. The molecule has 1 saturated heterocycles. The number of carbonyl (C=O) groups is 2. The summed E-state index contributed by atoms with van der Waals surface area (Å²) in [5.41, 5.74) is 1.28. The molecule has 3 N–H and O–H groups in total. The molecule has 0 saturated carbocycles. The molecule has 11 heteroatoms. The Kier molecular flexibility index (Phi) is 11.1. The van der Waals surface area contributed by atoms with Gasteiger partial charge in [0.2, 0.25) is 5.91 Å². The van der Waals surface area contributed by atoms with E-state index >= 15 is 0 Å². The van der Waals surface area contributed by atoms with Crippen LogP contribution in [0.2, 0.25) is 0 Å². The lowest BCUT2D eigenvalue weighted by Gasteiger charge is -2.32. The van der Waals surface area contributed by atoms with Crippen LogP contribution in [0, 0.1) is 19.8 Å². The molecule has 2 amide bonds. The van der Waals surface area contributed by atoms with Gasteiger partial charge in [0.05, 0.1) is 18.6 Å². The molecule has 1 aromatic rings. The van der Waals surface area contributed by atoms with E-state index in [2.05, 4.69) is 10.6 Å². The van der Waals surface area contributed by atoms with Crippen LogP contribution in [0.25, 0.3) is 0 Å². The number of amides is 2. The number of sulfone groups is 1. The first kappa shape index (κ1) is 27.9. The van der Waals surface area contributed by atoms with E-state index < -0.39 is 15.9 Å². The van der Waals surface area contributed by atoms with Gasteiger partial charge in [-0.15, -0.1) is 0 Å². The molecule has 1 aliphatic heterocycles. The summed E-state index contributed by atoms with van der Waals surface area (Å²) in [6.45, 7) is 5.82. The second-order valence-corrected chi connectivity index (χ2v) is 10.5. The lowest BCUT2D eigenvalue weighted by molar-refractivity contribution is -0.137. The maximum absolute atomic E-state index is 12.7. The number of carbonyl (C=O) groups excluding carboxylic acids is 1. The molecule has 1 fully saturated rings. The number of carboxylic acid groups (broad SMARTS) is 1. The van der Waals surface area contributed by atoms with E-state index in [1.165, 1.54) is 0 Å². The molecule has 0 spiro atoms. The highest BCUT2D eigenvalue weighted by Crippen LogP contribution is 2.26. The Morgan fingerprint density at radius 1 is 1.15 bits per heavy atom. The van der Waals surface area contributed by atoms with Crippen LogP contribution < -0.4 is 15.4 Å². The number of likely N-dealkylation sites (tertiary alicyclic amines) is 1. The van der Waals surface area contributed by atoms with E-state index in [1.807, 2.05) is 0 Å². The number of benzene rings is 1. The minimum Gasteiger partial charge on any atom is -0.497 e. The van der Waals surface area contributed by atoms with Gasteiger partial charge in [0, 0.05) is 26.2 Å². The predicted octanol–water partition coefficient (Wildman–Crippen LogP) is 1.94. The third-order valence-electron chi connectivity index (χ3n) is 5.95. The lowest BCUT2D eigenvalue weighted by Crippen LogP contribution is -2.40. The second-order valence-electron chi connectivity index (χ2n) is 8.60. The molecule has 0 bridgehead atoms. The summed E-state index contributed by atoms with van der Waals surface area (Å²) >= 11 is 0. The van der Waals surface area contributed by atoms with Crippen LogP contribution in [0.5, 0.6) is 5.75 Å². The fourth-order valence-electron chi connectivity index (χ4n) is 4.25. The molecule has 0 aliphatic carbocycles. The van der Waals surface area contributed by atoms with Crippen molar-refractivity contribution in [3.05, 3.63) is 23.3 Å². The molecule has 0 unspecified atom stereocenters. The number of methoxy groups -OCH3 is 1. The second kappa shape index (κ2) is 13.5. The number of ether oxygens (including phenoxy) is 2. The highest BCUT2D eigenvalue weighted by Gasteiger charge is 2.23. The van der Waals surface area contributed by atoms with E-state index in [-0.39, 0.29) is 25.0 Å². The van der Waals surface area contributed by atoms with Gasteiger partial charge in [-0.2, -0.15) is 0 Å². The number of nitrogens with zero attached hydrogens (tertiary/aromatic N) is 1. The largest absolute Gasteiger partial charge is 0.497 e. The molecule has 34 heavy (non-hydrogen) atoms. The fourth-order valence-corrected chi connectivity index (χ4v) is 5.91. The topological polar surface area (TPSA) is 134 Å². The summed E-state index contributed by atoms with van der Waals surface area (Å²) in [5, 5.41) is 13.8. The number of piperidine rings is 1. The maximum atomic E-state index is 12.7. The maximum Gasteiger partial charge on any atom is 0.404 e. The number of hydrogen-bond acceptors (Lipinski definition) is 7. The van der Waals surface area contributed by atoms with Crippen molar-refractivity contribution in [3.63, 3.8) is 0 Å². The monoisotopic (exact) mass is 499 g/mol. The van der Waals surface area contributed by atoms with Crippen LogP contribution in [-0.2, 0) is 19.4 Å². The zero-order valence-corrected chi connectivity index (χ0v) is 21.1. The lowest BCUT2D eigenvalue weighted by atomic mass is 9.92. The number of nitrogens with one attached hydrogen (secondary N) is 2. The van der Waals surface area contributed by atoms with E-state index in [0.29, 0.717) is 53.9 Å². The first-order valence-corrected chi connectivity index (χ1v) is 13.2. The molecule has 0 atom stereocenters. The van der Waals surface area contributed by atoms with Crippen LogP contribution in [0.4, 0.5) is 4.79 Å². The van der Waals surface area contributed by atoms with Gasteiger partial charge in [-0.05, 0) is 68.7 Å². The zero-order valence-electron chi connectivity index (χ0n) is 20.3. The minimum absolute atomic E-state index is 0.0294. The van der Waals surface area contributed by atoms with Gasteiger partial charge < -0.3 is 30.1 Å². The van der Waals surface area contributed by atoms with Crippen molar-refractivity contribution < 1.29 is 32.6 Å². The third kappa shape index (κ3) is 8.77. The van der Waals surface area contributed by atoms with Gasteiger partial charge in [-0.1, -0.05) is 0 Å². The molecule has 192 valence electrons. The average Bonchev–Trinajstić information content (AvgIpc) is 2.78. The average molecular weight is 500 g/mol. The van der Waals surface area contributed by atoms with Gasteiger partial charge >= 0.3 is 6.09 Å². The van der Waals surface area contributed by atoms with Crippen LogP contribution >= 0.6 is 0 Å². The molecule has 0 aromatic heterocycles. The van der Waals surface area contributed by atoms with Gasteiger partial charge in [0.15, 0.2) is 9.84 Å². The Bertz CT molecular complexity index is 905. The van der Waals surface area contributed by atoms with Gasteiger partial charge in [0.25, 0.3) is 0 Å². The van der Waals surface area contributed by atoms with Crippen LogP contribution in [0.15, 0.2) is 17.0 Å². The van der Waals surface area contributed by atoms with Crippen molar-refractivity contribution in [1.29, 1.82) is 0 Å². The molecular formula is C23H37N3O7S. The number of rotatable bonds is 13. The van der Waals surface area contributed by atoms with Gasteiger partial charge in [0.1, 0.15) is 18.2 Å². The molecule has 1 aromatic carbocycles. The van der Waals surface area contributed by atoms with Crippen molar-refractivity contribution in [3.8, 4) is 5.75 Å². The summed E-state index contributed by atoms with van der Waals surface area (Å²) in [4.78, 5) is 24.9. The zero-order chi connectivity index (χ0) is 25.1. The fraction of sp³-hybridized carbons (Fsp3) is 0.652. The molecule has 10 nitrogen and oxygen atoms in total. The van der Waals surface area contributed by atoms with Crippen molar-refractivity contribution >= 4 is 21.8 Å².